The maximum atomic E-state index is 6.50. The highest BCUT2D eigenvalue weighted by atomic mass is 16.4. The summed E-state index contributed by atoms with van der Waals surface area (Å²) in [4.78, 5) is 3.97. The van der Waals surface area contributed by atoms with Crippen molar-refractivity contribution in [2.75, 3.05) is 6.54 Å². The molecule has 0 spiro atoms. The second-order valence-corrected chi connectivity index (χ2v) is 1.27. The average molecular weight is 114 g/mol. The Bertz CT molecular complexity index is 76.4. The van der Waals surface area contributed by atoms with Crippen molar-refractivity contribution in [1.29, 1.82) is 0 Å². The minimum absolute atomic E-state index is 0.983. The number of nitrogens with two attached hydrogens (primary N) is 1. The number of rotatable bonds is 0. The number of dihydropyridines is 1. The van der Waals surface area contributed by atoms with Crippen LogP contribution in [-0.2, 0) is 0 Å². The van der Waals surface area contributed by atoms with Gasteiger partial charge in [-0.25, -0.2) is 5.90 Å². The molecule has 0 unspecified atom stereocenters. The highest BCUT2D eigenvalue weighted by Gasteiger charge is 1.78. The van der Waals surface area contributed by atoms with Gasteiger partial charge in [-0.15, -0.1) is 0 Å². The van der Waals surface area contributed by atoms with E-state index in [0.29, 0.717) is 0 Å². The Kier molecular flexibility index (Phi) is 5.80. The van der Waals surface area contributed by atoms with E-state index in [1.54, 1.807) is 0 Å². The first-order valence-corrected chi connectivity index (χ1v) is 2.41. The summed E-state index contributed by atoms with van der Waals surface area (Å²) in [7, 11) is 0. The lowest BCUT2D eigenvalue weighted by Crippen LogP contribution is -1.81. The molecule has 3 heteroatoms. The van der Waals surface area contributed by atoms with Crippen molar-refractivity contribution in [2.24, 2.45) is 10.9 Å². The Morgan fingerprint density at radius 1 is 1.50 bits per heavy atom. The van der Waals surface area contributed by atoms with Gasteiger partial charge in [-0.3, -0.25) is 4.99 Å². The van der Waals surface area contributed by atoms with Crippen LogP contribution in [0.4, 0.5) is 0 Å². The molecule has 0 amide bonds. The molecule has 0 aromatic rings. The number of hydrogen-bond acceptors (Lipinski definition) is 3. The fraction of sp³-hybridized carbons (Fsp3) is 0.400. The zero-order chi connectivity index (χ0) is 6.24. The van der Waals surface area contributed by atoms with Gasteiger partial charge in [-0.05, 0) is 12.5 Å². The maximum absolute atomic E-state index is 6.50. The SMILES string of the molecule is C1=CCCN=C1.NO. The van der Waals surface area contributed by atoms with Gasteiger partial charge < -0.3 is 5.21 Å². The van der Waals surface area contributed by atoms with Crippen molar-refractivity contribution >= 4 is 6.21 Å². The molecule has 0 aromatic heterocycles. The van der Waals surface area contributed by atoms with Crippen LogP contribution >= 0.6 is 0 Å². The van der Waals surface area contributed by atoms with Crippen LogP contribution in [0.2, 0.25) is 0 Å². The van der Waals surface area contributed by atoms with Crippen LogP contribution in [0.25, 0.3) is 0 Å². The molecule has 0 bridgehead atoms. The first-order chi connectivity index (χ1) is 4.00. The van der Waals surface area contributed by atoms with Gasteiger partial charge >= 0.3 is 0 Å². The van der Waals surface area contributed by atoms with Gasteiger partial charge in [0, 0.05) is 12.8 Å². The van der Waals surface area contributed by atoms with Crippen molar-refractivity contribution in [3.05, 3.63) is 12.2 Å². The predicted octanol–water partition coefficient (Wildman–Crippen LogP) is 0.351. The number of aliphatic imine (C=N–C) groups is 1. The average Bonchev–Trinajstić information content (AvgIpc) is 1.96. The second-order valence-electron chi connectivity index (χ2n) is 1.27. The summed E-state index contributed by atoms with van der Waals surface area (Å²) in [5.74, 6) is 3.50. The Hall–Kier alpha value is -0.670. The zero-order valence-corrected chi connectivity index (χ0v) is 4.62. The van der Waals surface area contributed by atoms with Crippen LogP contribution in [-0.4, -0.2) is 18.0 Å². The molecule has 0 fully saturated rings. The zero-order valence-electron chi connectivity index (χ0n) is 4.62. The number of nitrogens with zero attached hydrogens (tertiary/aromatic N) is 1. The predicted molar refractivity (Wildman–Crippen MR) is 33.1 cm³/mol. The molecule has 8 heavy (non-hydrogen) atoms. The summed E-state index contributed by atoms with van der Waals surface area (Å²) in [6.45, 7) is 0.983. The van der Waals surface area contributed by atoms with Gasteiger partial charge in [0.2, 0.25) is 0 Å². The largest absolute Gasteiger partial charge is 0.320 e. The molecular formula is C5H10N2O. The van der Waals surface area contributed by atoms with E-state index >= 15 is 0 Å². The smallest absolute Gasteiger partial charge is 0.0423 e. The molecule has 0 radical (unpaired) electrons. The Labute approximate surface area is 48.5 Å². The van der Waals surface area contributed by atoms with Gasteiger partial charge in [-0.1, -0.05) is 6.08 Å². The third-order valence-corrected chi connectivity index (χ3v) is 0.752. The quantitative estimate of drug-likeness (QED) is 0.446. The van der Waals surface area contributed by atoms with Crippen LogP contribution in [0.5, 0.6) is 0 Å². The van der Waals surface area contributed by atoms with E-state index in [4.69, 9.17) is 5.21 Å². The Morgan fingerprint density at radius 2 is 2.25 bits per heavy atom. The molecule has 0 aromatic carbocycles. The fourth-order valence-corrected chi connectivity index (χ4v) is 0.442. The summed E-state index contributed by atoms with van der Waals surface area (Å²) in [6, 6.07) is 0. The molecule has 0 saturated carbocycles. The Balaban J connectivity index is 0.000000222. The van der Waals surface area contributed by atoms with Gasteiger partial charge in [-0.2, -0.15) is 0 Å². The van der Waals surface area contributed by atoms with E-state index in [2.05, 4.69) is 17.0 Å². The summed E-state index contributed by atoms with van der Waals surface area (Å²) in [6.07, 6.45) is 7.05. The van der Waals surface area contributed by atoms with Crippen LogP contribution < -0.4 is 5.90 Å². The minimum Gasteiger partial charge on any atom is -0.320 e. The third-order valence-electron chi connectivity index (χ3n) is 0.752. The topological polar surface area (TPSA) is 58.6 Å². The lowest BCUT2D eigenvalue weighted by atomic mass is 10.3. The standard InChI is InChI=1S/C5H7N.H3NO/c1-2-4-6-5-3-1;1-2/h1-2,4H,3,5H2;2H,1H2. The van der Waals surface area contributed by atoms with E-state index in [1.807, 2.05) is 12.3 Å². The van der Waals surface area contributed by atoms with E-state index in [-0.39, 0.29) is 0 Å². The van der Waals surface area contributed by atoms with Crippen LogP contribution in [0.3, 0.4) is 0 Å². The van der Waals surface area contributed by atoms with Gasteiger partial charge in [0.05, 0.1) is 0 Å². The summed E-state index contributed by atoms with van der Waals surface area (Å²) in [5, 5.41) is 6.50. The van der Waals surface area contributed by atoms with Crippen molar-refractivity contribution in [3.8, 4) is 0 Å². The summed E-state index contributed by atoms with van der Waals surface area (Å²) < 4.78 is 0. The molecule has 3 nitrogen and oxygen atoms in total. The van der Waals surface area contributed by atoms with Crippen LogP contribution in [0.1, 0.15) is 6.42 Å². The molecule has 0 atom stereocenters. The highest BCUT2D eigenvalue weighted by Crippen LogP contribution is 1.87. The molecule has 1 heterocycles. The van der Waals surface area contributed by atoms with E-state index in [1.165, 1.54) is 0 Å². The number of hydrogen-bond donors (Lipinski definition) is 2. The minimum atomic E-state index is 0.983. The third kappa shape index (κ3) is 3.52. The van der Waals surface area contributed by atoms with Crippen molar-refractivity contribution in [2.45, 2.75) is 6.42 Å². The molecule has 1 aliphatic heterocycles. The van der Waals surface area contributed by atoms with Crippen molar-refractivity contribution in [1.82, 2.24) is 0 Å². The van der Waals surface area contributed by atoms with Crippen LogP contribution in [0, 0.1) is 0 Å². The van der Waals surface area contributed by atoms with E-state index in [9.17, 15) is 0 Å². The first-order valence-electron chi connectivity index (χ1n) is 2.41. The summed E-state index contributed by atoms with van der Waals surface area (Å²) >= 11 is 0. The normalized spacial score (nSPS) is 14.8. The number of allylic oxidation sites excluding steroid dienone is 1. The van der Waals surface area contributed by atoms with Gasteiger partial charge in [0.15, 0.2) is 0 Å². The molecule has 46 valence electrons. The lowest BCUT2D eigenvalue weighted by molar-refractivity contribution is 0.311. The molecule has 1 aliphatic rings. The van der Waals surface area contributed by atoms with E-state index < -0.39 is 0 Å². The molecule has 0 aliphatic carbocycles. The van der Waals surface area contributed by atoms with Crippen molar-refractivity contribution in [3.63, 3.8) is 0 Å². The van der Waals surface area contributed by atoms with E-state index in [0.717, 1.165) is 13.0 Å². The lowest BCUT2D eigenvalue weighted by Gasteiger charge is -1.88. The maximum Gasteiger partial charge on any atom is 0.0423 e. The van der Waals surface area contributed by atoms with Crippen molar-refractivity contribution < 1.29 is 5.21 Å². The second kappa shape index (κ2) is 6.33. The molecule has 3 N–H and O–H groups in total. The van der Waals surface area contributed by atoms with Gasteiger partial charge in [0.1, 0.15) is 0 Å². The Morgan fingerprint density at radius 3 is 2.38 bits per heavy atom. The monoisotopic (exact) mass is 114 g/mol. The fourth-order valence-electron chi connectivity index (χ4n) is 0.442. The summed E-state index contributed by atoms with van der Waals surface area (Å²) in [5.41, 5.74) is 0. The highest BCUT2D eigenvalue weighted by molar-refractivity contribution is 5.71. The molecule has 1 rings (SSSR count). The molecular weight excluding hydrogens is 104 g/mol. The van der Waals surface area contributed by atoms with Gasteiger partial charge in [0.25, 0.3) is 0 Å². The first kappa shape index (κ1) is 7.33. The van der Waals surface area contributed by atoms with Crippen LogP contribution in [0.15, 0.2) is 17.1 Å². The molecule has 0 saturated heterocycles.